The summed E-state index contributed by atoms with van der Waals surface area (Å²) in [6, 6.07) is 0.478. The standard InChI is InChI=1S/C11H21NO2.C9H17NO2.2C8H15NO.4C7H15N.C7H14.2CH4/c1-9-5-7-12(8-6-9)10(13)14-11(2,3)4;1-3-12-9(11)10-6-4-8(2)5-7-10;1-7-4-3-5-9(6-7)8(2)10;1-7-5-3-4-6-9(7)8(2)10;1-7-3-5-8(2)6-4-7;3*1-7-4-3-5-8(2)6-7;1-7-5-3-2-4-6-7;;/h9H,5-8H2,1-4H3;8H,3-7H2,1-2H3;2*7H,3-6H2,1-2H3;4*7H,3-6H2,1-2H3;7H,2-6H2,1H3;2*1H4. The summed E-state index contributed by atoms with van der Waals surface area (Å²) < 4.78 is 10.2. The number of carbonyl (C=O) groups is 4. The lowest BCUT2D eigenvalue weighted by Crippen LogP contribution is -2.41. The number of nitrogens with zero attached hydrogens (tertiary/aromatic N) is 8. The minimum atomic E-state index is -0.375. The van der Waals surface area contributed by atoms with Crippen LogP contribution in [-0.2, 0) is 19.1 Å². The van der Waals surface area contributed by atoms with Crippen LogP contribution in [0.3, 0.4) is 0 Å². The molecule has 0 bridgehead atoms. The van der Waals surface area contributed by atoms with Crippen molar-refractivity contribution in [2.75, 3.05) is 133 Å². The molecule has 0 aromatic rings. The molecular formula is C73H150N8O6. The molecule has 518 valence electrons. The van der Waals surface area contributed by atoms with Gasteiger partial charge in [0, 0.05) is 85.3 Å². The number of piperidine rings is 8. The second-order valence-corrected chi connectivity index (χ2v) is 29.5. The van der Waals surface area contributed by atoms with E-state index >= 15 is 0 Å². The SMILES string of the molecule is C.C.CC(=O)N1CCCC(C)C1.CC(=O)N1CCCCC1C.CC1CCCCC1.CC1CCCN(C)C1.CC1CCCN(C)C1.CC1CCCN(C)C1.CC1CCN(C(=O)OC(C)(C)C)CC1.CC1CCN(C)CC1.CCOC(=O)N1CCC(C)CC1. The van der Waals surface area contributed by atoms with Crippen LogP contribution in [0.2, 0.25) is 0 Å². The van der Waals surface area contributed by atoms with Gasteiger partial charge in [-0.05, 0) is 252 Å². The highest BCUT2D eigenvalue weighted by Crippen LogP contribution is 2.23. The van der Waals surface area contributed by atoms with Crippen molar-refractivity contribution in [1.29, 1.82) is 0 Å². The fraction of sp³-hybridized carbons (Fsp3) is 0.945. The fourth-order valence-corrected chi connectivity index (χ4v) is 12.7. The van der Waals surface area contributed by atoms with Crippen LogP contribution in [0.1, 0.15) is 260 Å². The van der Waals surface area contributed by atoms with Gasteiger partial charge in [0.2, 0.25) is 11.8 Å². The van der Waals surface area contributed by atoms with Crippen LogP contribution in [-0.4, -0.2) is 208 Å². The minimum absolute atomic E-state index is 0. The summed E-state index contributed by atoms with van der Waals surface area (Å²) in [4.78, 5) is 61.8. The molecule has 8 heterocycles. The van der Waals surface area contributed by atoms with Gasteiger partial charge in [-0.15, -0.1) is 0 Å². The van der Waals surface area contributed by atoms with E-state index in [2.05, 4.69) is 110 Å². The van der Waals surface area contributed by atoms with E-state index < -0.39 is 0 Å². The van der Waals surface area contributed by atoms with Crippen LogP contribution in [0.25, 0.3) is 0 Å². The molecule has 0 aromatic carbocycles. The van der Waals surface area contributed by atoms with Crippen molar-refractivity contribution in [3.8, 4) is 0 Å². The third-order valence-corrected chi connectivity index (χ3v) is 18.5. The number of amides is 4. The summed E-state index contributed by atoms with van der Waals surface area (Å²) in [5.41, 5.74) is -0.375. The first-order valence-corrected chi connectivity index (χ1v) is 35.2. The number of hydrogen-bond donors (Lipinski definition) is 0. The Bertz CT molecular complexity index is 1610. The molecule has 0 spiro atoms. The molecule has 9 fully saturated rings. The van der Waals surface area contributed by atoms with E-state index in [4.69, 9.17) is 9.47 Å². The maximum absolute atomic E-state index is 11.6. The van der Waals surface area contributed by atoms with Gasteiger partial charge in [0.15, 0.2) is 0 Å². The third-order valence-electron chi connectivity index (χ3n) is 18.5. The lowest BCUT2D eigenvalue weighted by atomic mass is 9.91. The fourth-order valence-electron chi connectivity index (χ4n) is 12.7. The molecule has 87 heavy (non-hydrogen) atoms. The van der Waals surface area contributed by atoms with Gasteiger partial charge >= 0.3 is 12.2 Å². The number of rotatable bonds is 1. The molecule has 8 aliphatic heterocycles. The van der Waals surface area contributed by atoms with Crippen LogP contribution >= 0.6 is 0 Å². The molecule has 14 heteroatoms. The topological polar surface area (TPSA) is 113 Å². The molecule has 5 unspecified atom stereocenters. The molecule has 9 rings (SSSR count). The van der Waals surface area contributed by atoms with Crippen molar-refractivity contribution in [1.82, 2.24) is 39.2 Å². The molecule has 1 aliphatic carbocycles. The molecular weight excluding hydrogens is 1080 g/mol. The maximum Gasteiger partial charge on any atom is 0.410 e. The van der Waals surface area contributed by atoms with Crippen LogP contribution in [0, 0.1) is 47.3 Å². The zero-order valence-electron chi connectivity index (χ0n) is 59.6. The first-order chi connectivity index (χ1) is 40.1. The van der Waals surface area contributed by atoms with E-state index in [1.807, 2.05) is 42.4 Å². The summed E-state index contributed by atoms with van der Waals surface area (Å²) in [5.74, 6) is 7.50. The lowest BCUT2D eigenvalue weighted by molar-refractivity contribution is -0.132. The molecule has 0 N–H and O–H groups in total. The Hall–Kier alpha value is -2.68. The molecule has 8 saturated heterocycles. The highest BCUT2D eigenvalue weighted by atomic mass is 16.6. The van der Waals surface area contributed by atoms with Crippen LogP contribution in [0.4, 0.5) is 9.59 Å². The van der Waals surface area contributed by atoms with Gasteiger partial charge in [0.05, 0.1) is 6.61 Å². The zero-order chi connectivity index (χ0) is 63.9. The van der Waals surface area contributed by atoms with Crippen molar-refractivity contribution in [3.63, 3.8) is 0 Å². The molecule has 5 atom stereocenters. The zero-order valence-corrected chi connectivity index (χ0v) is 59.6. The van der Waals surface area contributed by atoms with Crippen LogP contribution in [0.15, 0.2) is 0 Å². The van der Waals surface area contributed by atoms with Gasteiger partial charge in [-0.1, -0.05) is 102 Å². The summed E-state index contributed by atoms with van der Waals surface area (Å²) in [6.45, 7) is 48.6. The largest absolute Gasteiger partial charge is 0.450 e. The Balaban J connectivity index is 0. The Morgan fingerprint density at radius 1 is 0.356 bits per heavy atom. The molecule has 14 nitrogen and oxygen atoms in total. The van der Waals surface area contributed by atoms with Crippen molar-refractivity contribution >= 4 is 24.0 Å². The lowest BCUT2D eigenvalue weighted by Gasteiger charge is -2.32. The van der Waals surface area contributed by atoms with Gasteiger partial charge in [-0.2, -0.15) is 0 Å². The molecule has 0 radical (unpaired) electrons. The molecule has 9 aliphatic rings. The first kappa shape index (κ1) is 86.4. The number of carbonyl (C=O) groups excluding carboxylic acids is 4. The summed E-state index contributed by atoms with van der Waals surface area (Å²) in [6.07, 6.45) is 29.0. The van der Waals surface area contributed by atoms with E-state index in [1.165, 1.54) is 168 Å². The van der Waals surface area contributed by atoms with E-state index in [9.17, 15) is 19.2 Å². The molecule has 0 aromatic heterocycles. The minimum Gasteiger partial charge on any atom is -0.450 e. The second-order valence-electron chi connectivity index (χ2n) is 29.5. The number of ether oxygens (including phenoxy) is 2. The van der Waals surface area contributed by atoms with E-state index in [0.29, 0.717) is 18.6 Å². The van der Waals surface area contributed by atoms with E-state index in [-0.39, 0.29) is 44.5 Å². The quantitative estimate of drug-likeness (QED) is 0.252. The Morgan fingerprint density at radius 3 is 0.966 bits per heavy atom. The smallest absolute Gasteiger partial charge is 0.410 e. The predicted molar refractivity (Wildman–Crippen MR) is 374 cm³/mol. The monoisotopic (exact) mass is 1240 g/mol. The molecule has 4 amide bonds. The predicted octanol–water partition coefficient (Wildman–Crippen LogP) is 16.5. The number of likely N-dealkylation sites (tertiary alicyclic amines) is 8. The second kappa shape index (κ2) is 49.9. The van der Waals surface area contributed by atoms with E-state index in [0.717, 1.165) is 113 Å². The van der Waals surface area contributed by atoms with Crippen molar-refractivity contribution in [2.45, 2.75) is 272 Å². The van der Waals surface area contributed by atoms with Gasteiger partial charge in [0.25, 0.3) is 0 Å². The summed E-state index contributed by atoms with van der Waals surface area (Å²) >= 11 is 0. The van der Waals surface area contributed by atoms with Gasteiger partial charge in [-0.3, -0.25) is 9.59 Å². The van der Waals surface area contributed by atoms with E-state index in [1.54, 1.807) is 18.7 Å². The molecule has 1 saturated carbocycles. The average molecular weight is 1240 g/mol. The van der Waals surface area contributed by atoms with Crippen LogP contribution in [0.5, 0.6) is 0 Å². The van der Waals surface area contributed by atoms with Gasteiger partial charge in [-0.25, -0.2) is 9.59 Å². The first-order valence-electron chi connectivity index (χ1n) is 35.2. The highest BCUT2D eigenvalue weighted by molar-refractivity contribution is 5.74. The summed E-state index contributed by atoms with van der Waals surface area (Å²) in [5, 5.41) is 0. The Morgan fingerprint density at radius 2 is 0.701 bits per heavy atom. The Labute approximate surface area is 541 Å². The van der Waals surface area contributed by atoms with Crippen molar-refractivity contribution in [3.05, 3.63) is 0 Å². The van der Waals surface area contributed by atoms with Crippen molar-refractivity contribution < 1.29 is 28.7 Å². The Kier molecular flexibility index (Phi) is 49.6. The van der Waals surface area contributed by atoms with Gasteiger partial charge in [0.1, 0.15) is 5.60 Å². The summed E-state index contributed by atoms with van der Waals surface area (Å²) in [7, 11) is 8.81. The maximum atomic E-state index is 11.6. The van der Waals surface area contributed by atoms with Gasteiger partial charge < -0.3 is 48.7 Å². The third kappa shape index (κ3) is 45.3. The van der Waals surface area contributed by atoms with Crippen LogP contribution < -0.4 is 0 Å². The number of hydrogen-bond acceptors (Lipinski definition) is 10. The van der Waals surface area contributed by atoms with Crippen molar-refractivity contribution in [2.24, 2.45) is 47.3 Å². The highest BCUT2D eigenvalue weighted by Gasteiger charge is 2.26. The normalized spacial score (nSPS) is 25.5. The average Bonchev–Trinajstić information content (AvgIpc) is 3.64.